The van der Waals surface area contributed by atoms with Crippen LogP contribution < -0.4 is 0 Å². The van der Waals surface area contributed by atoms with E-state index >= 15 is 0 Å². The van der Waals surface area contributed by atoms with Crippen molar-refractivity contribution in [1.82, 2.24) is 19.5 Å². The molecule has 0 bridgehead atoms. The molecule has 0 aliphatic heterocycles. The van der Waals surface area contributed by atoms with E-state index in [2.05, 4.69) is 15.0 Å². The maximum Gasteiger partial charge on any atom is 0.157 e. The van der Waals surface area contributed by atoms with Crippen LogP contribution in [0.25, 0.3) is 11.2 Å². The Labute approximate surface area is 145 Å². The van der Waals surface area contributed by atoms with E-state index in [0.29, 0.717) is 28.6 Å². The number of fused-ring (bicyclic) bond motifs is 1. The number of aromatic amines is 1. The van der Waals surface area contributed by atoms with Crippen LogP contribution in [0.15, 0.2) is 12.7 Å². The van der Waals surface area contributed by atoms with Gasteiger partial charge in [0.05, 0.1) is 24.8 Å². The van der Waals surface area contributed by atoms with E-state index in [-0.39, 0.29) is 6.61 Å². The average molecular weight is 352 g/mol. The van der Waals surface area contributed by atoms with Crippen molar-refractivity contribution in [3.63, 3.8) is 0 Å². The molecule has 4 N–H and O–H groups in total. The van der Waals surface area contributed by atoms with Crippen LogP contribution in [-0.4, -0.2) is 52.6 Å². The van der Waals surface area contributed by atoms with E-state index in [0.717, 1.165) is 0 Å². The molecule has 0 spiro atoms. The summed E-state index contributed by atoms with van der Waals surface area (Å²) in [7, 11) is 0. The number of aromatic nitrogens is 4. The van der Waals surface area contributed by atoms with E-state index in [4.69, 9.17) is 12.2 Å². The third-order valence-corrected chi connectivity index (χ3v) is 6.87. The van der Waals surface area contributed by atoms with Crippen LogP contribution in [0.3, 0.4) is 0 Å². The van der Waals surface area contributed by atoms with Gasteiger partial charge >= 0.3 is 0 Å². The summed E-state index contributed by atoms with van der Waals surface area (Å²) in [6.07, 6.45) is 4.22. The second-order valence-electron chi connectivity index (χ2n) is 7.66. The number of aliphatic hydroxyl groups excluding tert-OH is 1. The molecule has 24 heavy (non-hydrogen) atoms. The standard InChI is InChI=1S/C16H24N4O3S/c1-13(7-21)5-6-14(2,16(4,23)15(13,3)22)20-9-19-10-11(20)17-8-18-12(10)24/h8-9,21-23H,5-7H2,1-4H3,(H,17,18,24)/t13-,14-,15+,16?/m1/s1. The fourth-order valence-corrected chi connectivity index (χ4v) is 4.14. The van der Waals surface area contributed by atoms with Crippen molar-refractivity contribution in [1.29, 1.82) is 0 Å². The Kier molecular flexibility index (Phi) is 3.69. The van der Waals surface area contributed by atoms with E-state index in [1.54, 1.807) is 27.1 Å². The van der Waals surface area contributed by atoms with Crippen LogP contribution in [0.2, 0.25) is 0 Å². The van der Waals surface area contributed by atoms with E-state index in [1.165, 1.54) is 6.33 Å². The molecule has 3 rings (SSSR count). The predicted octanol–water partition coefficient (Wildman–Crippen LogP) is 1.50. The molecule has 8 heteroatoms. The third-order valence-electron chi connectivity index (χ3n) is 6.57. The van der Waals surface area contributed by atoms with Crippen LogP contribution in [0.4, 0.5) is 0 Å². The fraction of sp³-hybridized carbons (Fsp3) is 0.688. The summed E-state index contributed by atoms with van der Waals surface area (Å²) in [5, 5.41) is 32.4. The molecule has 2 aromatic rings. The fourth-order valence-electron chi connectivity index (χ4n) is 3.94. The average Bonchev–Trinajstić information content (AvgIpc) is 2.96. The molecular formula is C16H24N4O3S. The summed E-state index contributed by atoms with van der Waals surface area (Å²) in [5.74, 6) is 0. The quantitative estimate of drug-likeness (QED) is 0.610. The van der Waals surface area contributed by atoms with Crippen molar-refractivity contribution in [2.45, 2.75) is 57.3 Å². The number of aliphatic hydroxyl groups is 3. The maximum absolute atomic E-state index is 11.4. The molecule has 1 aliphatic rings. The van der Waals surface area contributed by atoms with E-state index in [9.17, 15) is 15.3 Å². The van der Waals surface area contributed by atoms with Gasteiger partial charge in [0.2, 0.25) is 0 Å². The monoisotopic (exact) mass is 352 g/mol. The van der Waals surface area contributed by atoms with Gasteiger partial charge in [-0.1, -0.05) is 19.1 Å². The van der Waals surface area contributed by atoms with Crippen molar-refractivity contribution < 1.29 is 15.3 Å². The minimum Gasteiger partial charge on any atom is -0.396 e. The smallest absolute Gasteiger partial charge is 0.157 e. The minimum atomic E-state index is -1.53. The first-order valence-corrected chi connectivity index (χ1v) is 8.39. The lowest BCUT2D eigenvalue weighted by atomic mass is 9.52. The summed E-state index contributed by atoms with van der Waals surface area (Å²) >= 11 is 5.21. The van der Waals surface area contributed by atoms with Gasteiger partial charge in [-0.2, -0.15) is 0 Å². The maximum atomic E-state index is 11.4. The molecule has 7 nitrogen and oxygen atoms in total. The first-order chi connectivity index (χ1) is 11.0. The van der Waals surface area contributed by atoms with Gasteiger partial charge in [-0.3, -0.25) is 0 Å². The summed E-state index contributed by atoms with van der Waals surface area (Å²) in [4.78, 5) is 11.4. The number of hydrogen-bond donors (Lipinski definition) is 4. The van der Waals surface area contributed by atoms with E-state index in [1.807, 2.05) is 11.5 Å². The molecule has 1 unspecified atom stereocenters. The normalized spacial score (nSPS) is 40.1. The molecule has 2 heterocycles. The highest BCUT2D eigenvalue weighted by molar-refractivity contribution is 7.71. The van der Waals surface area contributed by atoms with Gasteiger partial charge in [-0.25, -0.2) is 9.97 Å². The first-order valence-electron chi connectivity index (χ1n) is 7.99. The van der Waals surface area contributed by atoms with Crippen LogP contribution in [0, 0.1) is 10.1 Å². The molecule has 132 valence electrons. The molecule has 0 amide bonds. The predicted molar refractivity (Wildman–Crippen MR) is 92.0 cm³/mol. The molecule has 0 radical (unpaired) electrons. The second-order valence-corrected chi connectivity index (χ2v) is 8.04. The van der Waals surface area contributed by atoms with Crippen molar-refractivity contribution >= 4 is 23.4 Å². The van der Waals surface area contributed by atoms with Crippen molar-refractivity contribution in [3.8, 4) is 0 Å². The topological polar surface area (TPSA) is 107 Å². The highest BCUT2D eigenvalue weighted by Crippen LogP contribution is 2.56. The zero-order valence-electron chi connectivity index (χ0n) is 14.4. The van der Waals surface area contributed by atoms with Crippen molar-refractivity contribution in [2.24, 2.45) is 5.41 Å². The van der Waals surface area contributed by atoms with Crippen LogP contribution in [-0.2, 0) is 5.54 Å². The Bertz CT molecular complexity index is 843. The highest BCUT2D eigenvalue weighted by atomic mass is 32.1. The Balaban J connectivity index is 2.23. The zero-order valence-corrected chi connectivity index (χ0v) is 15.2. The van der Waals surface area contributed by atoms with Crippen molar-refractivity contribution in [2.75, 3.05) is 6.61 Å². The lowest BCUT2D eigenvalue weighted by Gasteiger charge is -2.61. The first kappa shape index (κ1) is 17.5. The number of rotatable bonds is 2. The summed E-state index contributed by atoms with van der Waals surface area (Å²) in [5.41, 5.74) is -3.48. The van der Waals surface area contributed by atoms with Gasteiger partial charge in [0.15, 0.2) is 4.64 Å². The lowest BCUT2D eigenvalue weighted by molar-refractivity contribution is -0.269. The molecule has 0 saturated heterocycles. The number of nitrogens with zero attached hydrogens (tertiary/aromatic N) is 3. The summed E-state index contributed by atoms with van der Waals surface area (Å²) in [6.45, 7) is 6.68. The van der Waals surface area contributed by atoms with Crippen molar-refractivity contribution in [3.05, 3.63) is 17.3 Å². The molecule has 1 fully saturated rings. The van der Waals surface area contributed by atoms with Gasteiger partial charge in [0.1, 0.15) is 22.4 Å². The van der Waals surface area contributed by atoms with Crippen LogP contribution in [0.5, 0.6) is 0 Å². The van der Waals surface area contributed by atoms with Gasteiger partial charge in [0, 0.05) is 5.41 Å². The second kappa shape index (κ2) is 5.08. The Morgan fingerprint density at radius 3 is 2.46 bits per heavy atom. The highest BCUT2D eigenvalue weighted by Gasteiger charge is 2.66. The Morgan fingerprint density at radius 1 is 1.17 bits per heavy atom. The van der Waals surface area contributed by atoms with Gasteiger partial charge in [-0.05, 0) is 33.6 Å². The number of H-pyrrole nitrogens is 1. The Hall–Kier alpha value is -1.35. The summed E-state index contributed by atoms with van der Waals surface area (Å²) < 4.78 is 2.21. The number of imidazole rings is 1. The molecule has 1 aliphatic carbocycles. The zero-order chi connectivity index (χ0) is 18.0. The SMILES string of the molecule is CC1(O)[C@](C)(n2cnc3c(=S)nc[nH]c32)CC[C@](C)(CO)[C@]1(C)O. The summed E-state index contributed by atoms with van der Waals surface area (Å²) in [6, 6.07) is 0. The third kappa shape index (κ3) is 1.91. The van der Waals surface area contributed by atoms with Crippen LogP contribution >= 0.6 is 12.2 Å². The van der Waals surface area contributed by atoms with E-state index < -0.39 is 22.2 Å². The number of hydrogen-bond acceptors (Lipinski definition) is 6. The Morgan fingerprint density at radius 2 is 1.83 bits per heavy atom. The largest absolute Gasteiger partial charge is 0.396 e. The lowest BCUT2D eigenvalue weighted by Crippen LogP contribution is -2.73. The van der Waals surface area contributed by atoms with Gasteiger partial charge in [0.25, 0.3) is 0 Å². The molecule has 4 atom stereocenters. The number of nitrogens with one attached hydrogen (secondary N) is 1. The van der Waals surface area contributed by atoms with Gasteiger partial charge in [-0.15, -0.1) is 0 Å². The van der Waals surface area contributed by atoms with Crippen LogP contribution in [0.1, 0.15) is 40.5 Å². The molecule has 2 aromatic heterocycles. The molecule has 1 saturated carbocycles. The van der Waals surface area contributed by atoms with Gasteiger partial charge < -0.3 is 24.9 Å². The minimum absolute atomic E-state index is 0.205. The molecule has 0 aromatic carbocycles. The molecular weight excluding hydrogens is 328 g/mol.